The Morgan fingerprint density at radius 2 is 1.90 bits per heavy atom. The molecule has 1 rings (SSSR count). The number of alkyl halides is 3. The summed E-state index contributed by atoms with van der Waals surface area (Å²) in [7, 11) is -3.32. The molecule has 1 aromatic carbocycles. The monoisotopic (exact) mass is 325 g/mol. The number of hydrogen-bond acceptors (Lipinski definition) is 5. The van der Waals surface area contributed by atoms with E-state index in [4.69, 9.17) is 5.73 Å². The molecule has 1 unspecified atom stereocenters. The van der Waals surface area contributed by atoms with E-state index in [2.05, 4.69) is 4.74 Å². The van der Waals surface area contributed by atoms with E-state index in [1.54, 1.807) is 0 Å². The van der Waals surface area contributed by atoms with Gasteiger partial charge in [-0.1, -0.05) is 12.1 Å². The Hall–Kier alpha value is -1.61. The number of para-hydroxylation sites is 1. The van der Waals surface area contributed by atoms with Gasteiger partial charge in [0, 0.05) is 6.26 Å². The molecule has 0 fully saturated rings. The number of carbonyl (C=O) groups is 1. The van der Waals surface area contributed by atoms with E-state index in [-0.39, 0.29) is 17.7 Å². The van der Waals surface area contributed by atoms with Crippen LogP contribution in [0.25, 0.3) is 0 Å². The molecule has 0 aromatic heterocycles. The van der Waals surface area contributed by atoms with E-state index < -0.39 is 33.8 Å². The van der Waals surface area contributed by atoms with Crippen molar-refractivity contribution < 1.29 is 31.1 Å². The molecule has 1 aromatic rings. The van der Waals surface area contributed by atoms with Gasteiger partial charge in [0.1, 0.15) is 15.6 Å². The molecule has 9 heteroatoms. The third-order valence-electron chi connectivity index (χ3n) is 2.51. The van der Waals surface area contributed by atoms with E-state index in [0.717, 1.165) is 18.4 Å². The Morgan fingerprint density at radius 3 is 2.43 bits per heavy atom. The van der Waals surface area contributed by atoms with Crippen LogP contribution in [0.3, 0.4) is 0 Å². The summed E-state index contributed by atoms with van der Waals surface area (Å²) in [6.07, 6.45) is -4.14. The summed E-state index contributed by atoms with van der Waals surface area (Å²) in [5.41, 5.74) is 5.20. The zero-order valence-corrected chi connectivity index (χ0v) is 11.9. The predicted octanol–water partition coefficient (Wildman–Crippen LogP) is 1.53. The quantitative estimate of drug-likeness (QED) is 0.802. The standard InChI is InChI=1S/C12H14F3NO4S/c1-21(18,19)7-6-9(16)11(17)8-4-2-3-5-10(8)20-12(13,14)15/h2-5,9H,6-7,16H2,1H3. The zero-order chi connectivity index (χ0) is 16.3. The molecular weight excluding hydrogens is 311 g/mol. The normalized spacial score (nSPS) is 13.8. The largest absolute Gasteiger partial charge is 0.573 e. The third kappa shape index (κ3) is 6.13. The van der Waals surface area contributed by atoms with Crippen molar-refractivity contribution in [3.63, 3.8) is 0 Å². The van der Waals surface area contributed by atoms with Crippen molar-refractivity contribution in [2.24, 2.45) is 5.73 Å². The Morgan fingerprint density at radius 1 is 1.33 bits per heavy atom. The lowest BCUT2D eigenvalue weighted by atomic mass is 10.0. The SMILES string of the molecule is CS(=O)(=O)CCC(N)C(=O)c1ccccc1OC(F)(F)F. The molecule has 118 valence electrons. The van der Waals surface area contributed by atoms with Gasteiger partial charge in [0.15, 0.2) is 5.78 Å². The van der Waals surface area contributed by atoms with Gasteiger partial charge in [-0.25, -0.2) is 8.42 Å². The molecule has 5 nitrogen and oxygen atoms in total. The fourth-order valence-corrected chi connectivity index (χ4v) is 2.24. The minimum absolute atomic E-state index is 0.183. The molecule has 0 aliphatic carbocycles. The van der Waals surface area contributed by atoms with Gasteiger partial charge in [0.2, 0.25) is 0 Å². The number of ketones is 1. The number of benzene rings is 1. The highest BCUT2D eigenvalue weighted by atomic mass is 32.2. The molecule has 2 N–H and O–H groups in total. The van der Waals surface area contributed by atoms with Crippen LogP contribution >= 0.6 is 0 Å². The summed E-state index contributed by atoms with van der Waals surface area (Å²) in [5, 5.41) is 0. The topological polar surface area (TPSA) is 86.5 Å². The van der Waals surface area contributed by atoms with E-state index in [1.807, 2.05) is 0 Å². The maximum atomic E-state index is 12.2. The molecule has 0 radical (unpaired) electrons. The second-order valence-corrected chi connectivity index (χ2v) is 6.69. The maximum Gasteiger partial charge on any atom is 0.573 e. The average Bonchev–Trinajstić information content (AvgIpc) is 2.33. The van der Waals surface area contributed by atoms with Crippen LogP contribution < -0.4 is 10.5 Å². The fraction of sp³-hybridized carbons (Fsp3) is 0.417. The van der Waals surface area contributed by atoms with Crippen molar-refractivity contribution in [3.05, 3.63) is 29.8 Å². The van der Waals surface area contributed by atoms with Crippen molar-refractivity contribution >= 4 is 15.6 Å². The highest BCUT2D eigenvalue weighted by Crippen LogP contribution is 2.27. The first kappa shape index (κ1) is 17.4. The number of carbonyl (C=O) groups excluding carboxylic acids is 1. The van der Waals surface area contributed by atoms with Crippen molar-refractivity contribution in [2.75, 3.05) is 12.0 Å². The summed E-state index contributed by atoms with van der Waals surface area (Å²) < 4.78 is 62.5. The van der Waals surface area contributed by atoms with Gasteiger partial charge < -0.3 is 10.5 Å². The van der Waals surface area contributed by atoms with Gasteiger partial charge in [-0.2, -0.15) is 0 Å². The van der Waals surface area contributed by atoms with Crippen molar-refractivity contribution in [1.29, 1.82) is 0 Å². The van der Waals surface area contributed by atoms with E-state index in [0.29, 0.717) is 0 Å². The minimum atomic E-state index is -4.94. The predicted molar refractivity (Wildman–Crippen MR) is 69.8 cm³/mol. The molecule has 21 heavy (non-hydrogen) atoms. The lowest BCUT2D eigenvalue weighted by Gasteiger charge is -2.15. The van der Waals surface area contributed by atoms with Crippen LogP contribution in [0.4, 0.5) is 13.2 Å². The molecule has 0 aliphatic rings. The molecule has 0 amide bonds. The summed E-state index contributed by atoms with van der Waals surface area (Å²) in [5.74, 6) is -1.80. The van der Waals surface area contributed by atoms with E-state index in [1.165, 1.54) is 12.1 Å². The third-order valence-corrected chi connectivity index (χ3v) is 3.49. The number of sulfone groups is 1. The Bertz CT molecular complexity index is 613. The molecule has 1 atom stereocenters. The zero-order valence-electron chi connectivity index (χ0n) is 11.1. The van der Waals surface area contributed by atoms with Crippen molar-refractivity contribution in [3.8, 4) is 5.75 Å². The summed E-state index contributed by atoms with van der Waals surface area (Å²) in [4.78, 5) is 12.0. The second-order valence-electron chi connectivity index (χ2n) is 4.43. The Balaban J connectivity index is 2.92. The minimum Gasteiger partial charge on any atom is -0.405 e. The van der Waals surface area contributed by atoms with Crippen LogP contribution in [-0.2, 0) is 9.84 Å². The highest BCUT2D eigenvalue weighted by molar-refractivity contribution is 7.90. The number of rotatable bonds is 6. The van der Waals surface area contributed by atoms with Crippen LogP contribution in [0.1, 0.15) is 16.8 Å². The molecule has 0 saturated carbocycles. The van der Waals surface area contributed by atoms with Crippen LogP contribution in [0, 0.1) is 0 Å². The van der Waals surface area contributed by atoms with Gasteiger partial charge in [-0.05, 0) is 18.6 Å². The smallest absolute Gasteiger partial charge is 0.405 e. The highest BCUT2D eigenvalue weighted by Gasteiger charge is 2.33. The summed E-state index contributed by atoms with van der Waals surface area (Å²) in [6, 6.07) is 3.55. The molecule has 0 saturated heterocycles. The summed E-state index contributed by atoms with van der Waals surface area (Å²) in [6.45, 7) is 0. The van der Waals surface area contributed by atoms with Gasteiger partial charge in [-0.15, -0.1) is 13.2 Å². The molecule has 0 heterocycles. The van der Waals surface area contributed by atoms with Crippen molar-refractivity contribution in [1.82, 2.24) is 0 Å². The first-order valence-electron chi connectivity index (χ1n) is 5.82. The van der Waals surface area contributed by atoms with Crippen LogP contribution in [0.15, 0.2) is 24.3 Å². The maximum absolute atomic E-state index is 12.2. The van der Waals surface area contributed by atoms with Gasteiger partial charge in [0.05, 0.1) is 17.4 Å². The van der Waals surface area contributed by atoms with Crippen LogP contribution in [0.2, 0.25) is 0 Å². The molecule has 0 spiro atoms. The number of Topliss-reactive ketones (excluding diaryl/α,β-unsaturated/α-hetero) is 1. The van der Waals surface area contributed by atoms with E-state index in [9.17, 15) is 26.4 Å². The van der Waals surface area contributed by atoms with Crippen LogP contribution in [0.5, 0.6) is 5.75 Å². The Labute approximate surface area is 119 Å². The lowest BCUT2D eigenvalue weighted by molar-refractivity contribution is -0.274. The number of halogens is 3. The van der Waals surface area contributed by atoms with Gasteiger partial charge >= 0.3 is 6.36 Å². The average molecular weight is 325 g/mol. The number of nitrogens with two attached hydrogens (primary N) is 1. The molecule has 0 aliphatic heterocycles. The lowest BCUT2D eigenvalue weighted by Crippen LogP contribution is -2.33. The number of hydrogen-bond donors (Lipinski definition) is 1. The second kappa shape index (κ2) is 6.44. The van der Waals surface area contributed by atoms with Crippen molar-refractivity contribution in [2.45, 2.75) is 18.8 Å². The Kier molecular flexibility index (Phi) is 5.35. The summed E-state index contributed by atoms with van der Waals surface area (Å²) >= 11 is 0. The fourth-order valence-electron chi connectivity index (χ4n) is 1.56. The number of ether oxygens (including phenoxy) is 1. The molecular formula is C12H14F3NO4S. The van der Waals surface area contributed by atoms with Crippen LogP contribution in [-0.4, -0.2) is 38.6 Å². The first-order chi connectivity index (χ1) is 9.49. The van der Waals surface area contributed by atoms with E-state index >= 15 is 0 Å². The van der Waals surface area contributed by atoms with Gasteiger partial charge in [0.25, 0.3) is 0 Å². The molecule has 0 bridgehead atoms. The first-order valence-corrected chi connectivity index (χ1v) is 7.88. The van der Waals surface area contributed by atoms with Gasteiger partial charge in [-0.3, -0.25) is 4.79 Å².